The maximum atomic E-state index is 13.1. The predicted octanol–water partition coefficient (Wildman–Crippen LogP) is 5.08. The number of sulfonamides is 1. The lowest BCUT2D eigenvalue weighted by atomic mass is 10.2. The zero-order valence-electron chi connectivity index (χ0n) is 19.8. The zero-order chi connectivity index (χ0) is 24.6. The molecule has 0 radical (unpaired) electrons. The molecule has 0 saturated heterocycles. The summed E-state index contributed by atoms with van der Waals surface area (Å²) in [4.78, 5) is 4.83. The molecule has 0 aliphatic heterocycles. The van der Waals surface area contributed by atoms with Crippen LogP contribution in [0.15, 0.2) is 57.8 Å². The van der Waals surface area contributed by atoms with Gasteiger partial charge in [0, 0.05) is 35.7 Å². The van der Waals surface area contributed by atoms with E-state index in [1.807, 2.05) is 37.4 Å². The molecule has 10 heteroatoms. The summed E-state index contributed by atoms with van der Waals surface area (Å²) < 4.78 is 38.4. The van der Waals surface area contributed by atoms with Crippen LogP contribution in [-0.2, 0) is 10.0 Å². The molecular weight excluding hydrogens is 472 g/mol. The van der Waals surface area contributed by atoms with Gasteiger partial charge in [-0.1, -0.05) is 26.0 Å². The highest BCUT2D eigenvalue weighted by Crippen LogP contribution is 2.28. The van der Waals surface area contributed by atoms with Gasteiger partial charge in [0.25, 0.3) is 0 Å². The Morgan fingerprint density at radius 3 is 2.53 bits per heavy atom. The van der Waals surface area contributed by atoms with Crippen molar-refractivity contribution in [1.82, 2.24) is 9.29 Å². The number of hydrazone groups is 1. The summed E-state index contributed by atoms with van der Waals surface area (Å²) in [6.07, 6.45) is 3.18. The number of hydrogen-bond donors (Lipinski definition) is 1. The van der Waals surface area contributed by atoms with E-state index in [1.54, 1.807) is 49.0 Å². The van der Waals surface area contributed by atoms with E-state index in [0.717, 1.165) is 24.0 Å². The van der Waals surface area contributed by atoms with E-state index in [0.29, 0.717) is 35.4 Å². The Morgan fingerprint density at radius 2 is 1.85 bits per heavy atom. The highest BCUT2D eigenvalue weighted by atomic mass is 32.2. The van der Waals surface area contributed by atoms with Gasteiger partial charge in [0.15, 0.2) is 0 Å². The van der Waals surface area contributed by atoms with Crippen LogP contribution in [0.2, 0.25) is 0 Å². The molecule has 1 N–H and O–H groups in total. The average Bonchev–Trinajstić information content (AvgIpc) is 3.33. The van der Waals surface area contributed by atoms with Gasteiger partial charge in [-0.05, 0) is 37.1 Å². The number of nitrogens with zero attached hydrogens (tertiary/aromatic N) is 3. The summed E-state index contributed by atoms with van der Waals surface area (Å²) in [6, 6.07) is 12.4. The van der Waals surface area contributed by atoms with E-state index < -0.39 is 10.0 Å². The minimum atomic E-state index is -3.56. The van der Waals surface area contributed by atoms with Gasteiger partial charge in [0.2, 0.25) is 15.2 Å². The molecule has 0 fully saturated rings. The first-order chi connectivity index (χ1) is 16.4. The van der Waals surface area contributed by atoms with Crippen LogP contribution < -0.4 is 14.9 Å². The summed E-state index contributed by atoms with van der Waals surface area (Å²) in [7, 11) is -0.370. The Bertz CT molecular complexity index is 1220. The molecule has 1 aromatic heterocycles. The molecule has 0 bridgehead atoms. The molecule has 0 atom stereocenters. The normalized spacial score (nSPS) is 11.8. The Hall–Kier alpha value is -2.95. The van der Waals surface area contributed by atoms with Gasteiger partial charge in [0.1, 0.15) is 11.5 Å². The predicted molar refractivity (Wildman–Crippen MR) is 138 cm³/mol. The molecule has 34 heavy (non-hydrogen) atoms. The third-order valence-electron chi connectivity index (χ3n) is 5.02. The third-order valence-corrected chi connectivity index (χ3v) is 7.66. The fourth-order valence-electron chi connectivity index (χ4n) is 3.36. The molecular formula is C24H30N4O4S2. The van der Waals surface area contributed by atoms with Crippen LogP contribution in [0.5, 0.6) is 11.5 Å². The molecule has 182 valence electrons. The average molecular weight is 503 g/mol. The monoisotopic (exact) mass is 502 g/mol. The molecule has 3 aromatic rings. The minimum absolute atomic E-state index is 0.277. The van der Waals surface area contributed by atoms with E-state index in [-0.39, 0.29) is 4.90 Å². The number of anilines is 1. The number of aromatic nitrogens is 1. The Kier molecular flexibility index (Phi) is 9.03. The van der Waals surface area contributed by atoms with Crippen molar-refractivity contribution in [3.05, 3.63) is 53.4 Å². The topological polar surface area (TPSA) is 93.1 Å². The maximum absolute atomic E-state index is 13.1. The molecule has 8 nitrogen and oxygen atoms in total. The standard InChI is InChI=1S/C24H30N4O4S2/c1-5-12-28(13-6-2)34(29,30)21-9-7-8-18(14-21)22-17-33-24(26-22)27-25-16-19-10-11-20(31-3)15-23(19)32-4/h7-11,14-17H,5-6,12-13H2,1-4H3,(H,26,27). The Balaban J connectivity index is 1.76. The highest BCUT2D eigenvalue weighted by molar-refractivity contribution is 7.89. The lowest BCUT2D eigenvalue weighted by Crippen LogP contribution is -2.32. The number of benzene rings is 2. The fraction of sp³-hybridized carbons (Fsp3) is 0.333. The first kappa shape index (κ1) is 25.7. The van der Waals surface area contributed by atoms with Crippen molar-refractivity contribution >= 4 is 32.7 Å². The molecule has 0 aliphatic carbocycles. The quantitative estimate of drug-likeness (QED) is 0.274. The molecule has 2 aromatic carbocycles. The van der Waals surface area contributed by atoms with E-state index >= 15 is 0 Å². The van der Waals surface area contributed by atoms with Gasteiger partial charge in [0.05, 0.1) is 31.0 Å². The molecule has 0 saturated carbocycles. The number of thiazole rings is 1. The number of ether oxygens (including phenoxy) is 2. The van der Waals surface area contributed by atoms with Crippen LogP contribution in [0.4, 0.5) is 5.13 Å². The number of methoxy groups -OCH3 is 2. The van der Waals surface area contributed by atoms with Gasteiger partial charge < -0.3 is 9.47 Å². The lowest BCUT2D eigenvalue weighted by Gasteiger charge is -2.21. The Morgan fingerprint density at radius 1 is 1.09 bits per heavy atom. The number of rotatable bonds is 12. The van der Waals surface area contributed by atoms with Crippen LogP contribution in [0.3, 0.4) is 0 Å². The van der Waals surface area contributed by atoms with Crippen LogP contribution in [0.25, 0.3) is 11.3 Å². The summed E-state index contributed by atoms with van der Waals surface area (Å²) >= 11 is 1.38. The van der Waals surface area contributed by atoms with Crippen molar-refractivity contribution in [2.75, 3.05) is 32.7 Å². The minimum Gasteiger partial charge on any atom is -0.497 e. The van der Waals surface area contributed by atoms with Gasteiger partial charge in [-0.2, -0.15) is 9.41 Å². The zero-order valence-corrected chi connectivity index (χ0v) is 21.4. The second-order valence-electron chi connectivity index (χ2n) is 7.45. The highest BCUT2D eigenvalue weighted by Gasteiger charge is 2.23. The van der Waals surface area contributed by atoms with Crippen molar-refractivity contribution in [1.29, 1.82) is 0 Å². The Labute approximate surface area is 205 Å². The van der Waals surface area contributed by atoms with Crippen LogP contribution >= 0.6 is 11.3 Å². The first-order valence-electron chi connectivity index (χ1n) is 11.0. The van der Waals surface area contributed by atoms with Crippen LogP contribution in [-0.4, -0.2) is 51.2 Å². The van der Waals surface area contributed by atoms with Gasteiger partial charge in [-0.25, -0.2) is 13.4 Å². The van der Waals surface area contributed by atoms with E-state index in [1.165, 1.54) is 11.3 Å². The molecule has 3 rings (SSSR count). The molecule has 0 amide bonds. The van der Waals surface area contributed by atoms with Gasteiger partial charge in [-0.15, -0.1) is 11.3 Å². The maximum Gasteiger partial charge on any atom is 0.243 e. The number of nitrogens with one attached hydrogen (secondary N) is 1. The molecule has 1 heterocycles. The van der Waals surface area contributed by atoms with Crippen LogP contribution in [0, 0.1) is 0 Å². The third kappa shape index (κ3) is 6.13. The molecule has 0 aliphatic rings. The fourth-order valence-corrected chi connectivity index (χ4v) is 5.69. The SMILES string of the molecule is CCCN(CCC)S(=O)(=O)c1cccc(-c2csc(NN=Cc3ccc(OC)cc3OC)n2)c1. The van der Waals surface area contributed by atoms with Crippen molar-refractivity contribution < 1.29 is 17.9 Å². The van der Waals surface area contributed by atoms with Crippen LogP contribution in [0.1, 0.15) is 32.3 Å². The first-order valence-corrected chi connectivity index (χ1v) is 13.3. The summed E-state index contributed by atoms with van der Waals surface area (Å²) in [6.45, 7) is 4.96. The second kappa shape index (κ2) is 12.0. The van der Waals surface area contributed by atoms with Crippen molar-refractivity contribution in [3.63, 3.8) is 0 Å². The largest absolute Gasteiger partial charge is 0.497 e. The van der Waals surface area contributed by atoms with E-state index in [4.69, 9.17) is 9.47 Å². The van der Waals surface area contributed by atoms with Gasteiger partial charge >= 0.3 is 0 Å². The summed E-state index contributed by atoms with van der Waals surface area (Å²) in [5.41, 5.74) is 5.12. The summed E-state index contributed by atoms with van der Waals surface area (Å²) in [5.74, 6) is 1.34. The number of hydrogen-bond acceptors (Lipinski definition) is 8. The van der Waals surface area contributed by atoms with Crippen molar-refractivity contribution in [3.8, 4) is 22.8 Å². The molecule has 0 spiro atoms. The van der Waals surface area contributed by atoms with E-state index in [2.05, 4.69) is 15.5 Å². The van der Waals surface area contributed by atoms with Crippen molar-refractivity contribution in [2.45, 2.75) is 31.6 Å². The second-order valence-corrected chi connectivity index (χ2v) is 10.2. The summed E-state index contributed by atoms with van der Waals surface area (Å²) in [5, 5.41) is 6.71. The lowest BCUT2D eigenvalue weighted by molar-refractivity contribution is 0.394. The molecule has 0 unspecified atom stereocenters. The van der Waals surface area contributed by atoms with E-state index in [9.17, 15) is 8.42 Å². The smallest absolute Gasteiger partial charge is 0.243 e. The van der Waals surface area contributed by atoms with Gasteiger partial charge in [-0.3, -0.25) is 5.43 Å². The van der Waals surface area contributed by atoms with Crippen molar-refractivity contribution in [2.24, 2.45) is 5.10 Å².